The monoisotopic (exact) mass is 410 g/mol. The molecule has 3 rings (SSSR count). The highest BCUT2D eigenvalue weighted by Crippen LogP contribution is 2.27. The number of nitrogens with one attached hydrogen (secondary N) is 2. The van der Waals surface area contributed by atoms with Crippen LogP contribution in [0.4, 0.5) is 5.69 Å². The molecule has 0 bridgehead atoms. The van der Waals surface area contributed by atoms with E-state index in [1.807, 2.05) is 29.6 Å². The van der Waals surface area contributed by atoms with Crippen molar-refractivity contribution in [3.63, 3.8) is 0 Å². The Bertz CT molecular complexity index is 986. The van der Waals surface area contributed by atoms with Gasteiger partial charge in [-0.25, -0.2) is 0 Å². The van der Waals surface area contributed by atoms with Crippen molar-refractivity contribution in [2.24, 2.45) is 0 Å². The molecule has 2 amide bonds. The molecule has 2 aromatic carbocycles. The Balaban J connectivity index is 1.62. The summed E-state index contributed by atoms with van der Waals surface area (Å²) in [5.41, 5.74) is 1.92. The number of rotatable bonds is 8. The predicted octanol–water partition coefficient (Wildman–Crippen LogP) is 3.99. The summed E-state index contributed by atoms with van der Waals surface area (Å²) >= 11 is 1.35. The third-order valence-corrected chi connectivity index (χ3v) is 5.18. The molecule has 0 saturated carbocycles. The molecular formula is C22H22N2O4S. The molecule has 0 saturated heterocycles. The van der Waals surface area contributed by atoms with Crippen LogP contribution in [-0.4, -0.2) is 32.6 Å². The molecule has 0 aliphatic rings. The number of hydrogen-bond donors (Lipinski definition) is 2. The zero-order valence-electron chi connectivity index (χ0n) is 16.2. The molecule has 7 heteroatoms. The molecule has 29 heavy (non-hydrogen) atoms. The van der Waals surface area contributed by atoms with E-state index in [4.69, 9.17) is 9.47 Å². The van der Waals surface area contributed by atoms with E-state index < -0.39 is 0 Å². The lowest BCUT2D eigenvalue weighted by Gasteiger charge is -2.12. The average molecular weight is 410 g/mol. The Morgan fingerprint density at radius 1 is 0.931 bits per heavy atom. The molecule has 1 aromatic heterocycles. The van der Waals surface area contributed by atoms with Crippen LogP contribution in [0, 0.1) is 0 Å². The molecule has 0 atom stereocenters. The quantitative estimate of drug-likeness (QED) is 0.589. The van der Waals surface area contributed by atoms with Gasteiger partial charge in [0.05, 0.1) is 30.3 Å². The maximum absolute atomic E-state index is 12.6. The van der Waals surface area contributed by atoms with Crippen molar-refractivity contribution >= 4 is 28.8 Å². The number of carbonyl (C=O) groups excluding carboxylic acids is 2. The van der Waals surface area contributed by atoms with Crippen LogP contribution in [0.5, 0.6) is 11.5 Å². The van der Waals surface area contributed by atoms with Gasteiger partial charge in [0.2, 0.25) is 0 Å². The van der Waals surface area contributed by atoms with Gasteiger partial charge in [-0.3, -0.25) is 9.59 Å². The molecule has 1 heterocycles. The highest BCUT2D eigenvalue weighted by Gasteiger charge is 2.14. The fourth-order valence-corrected chi connectivity index (χ4v) is 3.45. The number of carbonyl (C=O) groups is 2. The molecule has 2 N–H and O–H groups in total. The van der Waals surface area contributed by atoms with E-state index in [-0.39, 0.29) is 11.8 Å². The van der Waals surface area contributed by atoms with Crippen LogP contribution in [0.2, 0.25) is 0 Å². The van der Waals surface area contributed by atoms with Crippen LogP contribution in [0.1, 0.15) is 25.6 Å². The van der Waals surface area contributed by atoms with Crippen molar-refractivity contribution in [1.29, 1.82) is 0 Å². The van der Waals surface area contributed by atoms with Gasteiger partial charge >= 0.3 is 0 Å². The summed E-state index contributed by atoms with van der Waals surface area (Å²) in [5.74, 6) is 0.840. The Morgan fingerprint density at radius 2 is 1.72 bits per heavy atom. The van der Waals surface area contributed by atoms with Crippen LogP contribution in [0.15, 0.2) is 60.0 Å². The van der Waals surface area contributed by atoms with Crippen LogP contribution in [0.25, 0.3) is 0 Å². The van der Waals surface area contributed by atoms with Gasteiger partial charge in [0.15, 0.2) is 11.5 Å². The summed E-state index contributed by atoms with van der Waals surface area (Å²) in [5, 5.41) is 7.55. The maximum Gasteiger partial charge on any atom is 0.265 e. The van der Waals surface area contributed by atoms with Crippen molar-refractivity contribution < 1.29 is 19.1 Å². The molecule has 6 nitrogen and oxygen atoms in total. The first-order valence-electron chi connectivity index (χ1n) is 9.05. The Labute approximate surface area is 173 Å². The number of hydrogen-bond acceptors (Lipinski definition) is 5. The zero-order chi connectivity index (χ0) is 20.6. The number of thiophene rings is 1. The third kappa shape index (κ3) is 5.14. The number of amides is 2. The Kier molecular flexibility index (Phi) is 6.86. The van der Waals surface area contributed by atoms with Crippen LogP contribution in [0.3, 0.4) is 0 Å². The van der Waals surface area contributed by atoms with Gasteiger partial charge in [0.25, 0.3) is 11.8 Å². The summed E-state index contributed by atoms with van der Waals surface area (Å²) in [4.78, 5) is 25.5. The van der Waals surface area contributed by atoms with Crippen LogP contribution >= 0.6 is 11.3 Å². The number of para-hydroxylation sites is 1. The fourth-order valence-electron chi connectivity index (χ4n) is 2.83. The lowest BCUT2D eigenvalue weighted by atomic mass is 10.1. The second kappa shape index (κ2) is 9.75. The first-order chi connectivity index (χ1) is 14.1. The minimum Gasteiger partial charge on any atom is -0.493 e. The molecule has 0 unspecified atom stereocenters. The summed E-state index contributed by atoms with van der Waals surface area (Å²) in [7, 11) is 3.18. The highest BCUT2D eigenvalue weighted by atomic mass is 32.1. The standard InChI is InChI=1S/C22H22N2O4S/c1-27-18-10-9-15(14-19(18)28-2)11-12-23-21(25)16-6-3-4-7-17(16)24-22(26)20-8-5-13-29-20/h3-10,13-14H,11-12H2,1-2H3,(H,23,25)(H,24,26). The second-order valence-corrected chi connectivity index (χ2v) is 7.12. The second-order valence-electron chi connectivity index (χ2n) is 6.17. The zero-order valence-corrected chi connectivity index (χ0v) is 17.0. The van der Waals surface area contributed by atoms with Crippen molar-refractivity contribution in [3.8, 4) is 11.5 Å². The normalized spacial score (nSPS) is 10.3. The van der Waals surface area contributed by atoms with E-state index >= 15 is 0 Å². The number of benzene rings is 2. The van der Waals surface area contributed by atoms with Gasteiger partial charge in [0.1, 0.15) is 0 Å². The van der Waals surface area contributed by atoms with Crippen molar-refractivity contribution in [3.05, 3.63) is 76.0 Å². The van der Waals surface area contributed by atoms with E-state index in [0.717, 1.165) is 5.56 Å². The molecule has 0 radical (unpaired) electrons. The summed E-state index contributed by atoms with van der Waals surface area (Å²) in [6.07, 6.45) is 0.635. The molecule has 0 aliphatic heterocycles. The van der Waals surface area contributed by atoms with Gasteiger partial charge in [0, 0.05) is 6.54 Å². The van der Waals surface area contributed by atoms with E-state index in [2.05, 4.69) is 10.6 Å². The number of ether oxygens (including phenoxy) is 2. The lowest BCUT2D eigenvalue weighted by Crippen LogP contribution is -2.27. The van der Waals surface area contributed by atoms with Gasteiger partial charge in [-0.2, -0.15) is 0 Å². The fraction of sp³-hybridized carbons (Fsp3) is 0.182. The summed E-state index contributed by atoms with van der Waals surface area (Å²) in [6, 6.07) is 16.2. The predicted molar refractivity (Wildman–Crippen MR) is 114 cm³/mol. The molecular weight excluding hydrogens is 388 g/mol. The van der Waals surface area contributed by atoms with Crippen LogP contribution < -0.4 is 20.1 Å². The van der Waals surface area contributed by atoms with Crippen molar-refractivity contribution in [2.45, 2.75) is 6.42 Å². The average Bonchev–Trinajstić information content (AvgIpc) is 3.29. The number of anilines is 1. The topological polar surface area (TPSA) is 76.7 Å². The number of methoxy groups -OCH3 is 2. The van der Waals surface area contributed by atoms with Gasteiger partial charge in [-0.05, 0) is 47.7 Å². The van der Waals surface area contributed by atoms with Gasteiger partial charge < -0.3 is 20.1 Å². The Hall–Kier alpha value is -3.32. The minimum absolute atomic E-state index is 0.231. The van der Waals surface area contributed by atoms with E-state index in [1.165, 1.54) is 11.3 Å². The molecule has 150 valence electrons. The lowest BCUT2D eigenvalue weighted by molar-refractivity contribution is 0.0955. The highest BCUT2D eigenvalue weighted by molar-refractivity contribution is 7.12. The van der Waals surface area contributed by atoms with E-state index in [1.54, 1.807) is 44.6 Å². The smallest absolute Gasteiger partial charge is 0.265 e. The summed E-state index contributed by atoms with van der Waals surface area (Å²) < 4.78 is 10.5. The SMILES string of the molecule is COc1ccc(CCNC(=O)c2ccccc2NC(=O)c2cccs2)cc1OC. The summed E-state index contributed by atoms with van der Waals surface area (Å²) in [6.45, 7) is 0.446. The Morgan fingerprint density at radius 3 is 2.45 bits per heavy atom. The van der Waals surface area contributed by atoms with Crippen molar-refractivity contribution in [1.82, 2.24) is 5.32 Å². The van der Waals surface area contributed by atoms with Crippen LogP contribution in [-0.2, 0) is 6.42 Å². The molecule has 3 aromatic rings. The molecule has 0 fully saturated rings. The first kappa shape index (κ1) is 20.4. The van der Waals surface area contributed by atoms with Crippen molar-refractivity contribution in [2.75, 3.05) is 26.1 Å². The first-order valence-corrected chi connectivity index (χ1v) is 9.93. The largest absolute Gasteiger partial charge is 0.493 e. The van der Waals surface area contributed by atoms with E-state index in [9.17, 15) is 9.59 Å². The van der Waals surface area contributed by atoms with E-state index in [0.29, 0.717) is 40.6 Å². The molecule has 0 spiro atoms. The maximum atomic E-state index is 12.6. The minimum atomic E-state index is -0.243. The van der Waals surface area contributed by atoms with Gasteiger partial charge in [-0.1, -0.05) is 24.3 Å². The van der Waals surface area contributed by atoms with Gasteiger partial charge in [-0.15, -0.1) is 11.3 Å². The third-order valence-electron chi connectivity index (χ3n) is 4.31. The molecule has 0 aliphatic carbocycles.